The van der Waals surface area contributed by atoms with E-state index < -0.39 is 11.8 Å². The van der Waals surface area contributed by atoms with Crippen molar-refractivity contribution >= 4 is 17.5 Å². The van der Waals surface area contributed by atoms with Gasteiger partial charge in [0, 0.05) is 24.8 Å². The average molecular weight is 276 g/mol. The van der Waals surface area contributed by atoms with Crippen LogP contribution in [0, 0.1) is 0 Å². The van der Waals surface area contributed by atoms with Crippen LogP contribution >= 0.6 is 0 Å². The van der Waals surface area contributed by atoms with Crippen molar-refractivity contribution in [3.05, 3.63) is 24.3 Å². The van der Waals surface area contributed by atoms with Gasteiger partial charge in [0.1, 0.15) is 5.75 Å². The van der Waals surface area contributed by atoms with Crippen LogP contribution in [0.1, 0.15) is 32.1 Å². The van der Waals surface area contributed by atoms with E-state index in [1.807, 2.05) is 0 Å². The zero-order valence-corrected chi connectivity index (χ0v) is 11.6. The monoisotopic (exact) mass is 276 g/mol. The molecule has 2 amide bonds. The molecule has 0 unspecified atom stereocenters. The van der Waals surface area contributed by atoms with Crippen molar-refractivity contribution in [1.82, 2.24) is 4.90 Å². The van der Waals surface area contributed by atoms with E-state index in [4.69, 9.17) is 0 Å². The Kier molecular flexibility index (Phi) is 4.61. The quantitative estimate of drug-likeness (QED) is 0.813. The zero-order chi connectivity index (χ0) is 14.5. The van der Waals surface area contributed by atoms with Crippen molar-refractivity contribution in [2.75, 3.05) is 12.4 Å². The molecule has 20 heavy (non-hydrogen) atoms. The van der Waals surface area contributed by atoms with Crippen LogP contribution in [0.15, 0.2) is 24.3 Å². The number of phenols is 1. The summed E-state index contributed by atoms with van der Waals surface area (Å²) in [6, 6.07) is 6.31. The predicted octanol–water partition coefficient (Wildman–Crippen LogP) is 2.12. The molecule has 0 atom stereocenters. The molecule has 5 heteroatoms. The highest BCUT2D eigenvalue weighted by atomic mass is 16.3. The van der Waals surface area contributed by atoms with E-state index in [1.54, 1.807) is 19.2 Å². The fourth-order valence-corrected chi connectivity index (χ4v) is 2.56. The Morgan fingerprint density at radius 3 is 2.60 bits per heavy atom. The first-order chi connectivity index (χ1) is 9.58. The fourth-order valence-electron chi connectivity index (χ4n) is 2.56. The molecule has 2 N–H and O–H groups in total. The SMILES string of the molecule is CN(C(=O)C(=O)Nc1cccc(O)c1)C1CCCCC1. The van der Waals surface area contributed by atoms with E-state index in [-0.39, 0.29) is 11.8 Å². The third kappa shape index (κ3) is 3.50. The van der Waals surface area contributed by atoms with Gasteiger partial charge in [-0.1, -0.05) is 25.3 Å². The van der Waals surface area contributed by atoms with Gasteiger partial charge in [0.25, 0.3) is 0 Å². The number of phenolic OH excluding ortho intramolecular Hbond substituents is 1. The maximum absolute atomic E-state index is 12.1. The van der Waals surface area contributed by atoms with Gasteiger partial charge in [-0.15, -0.1) is 0 Å². The lowest BCUT2D eigenvalue weighted by atomic mass is 9.94. The molecule has 1 aromatic rings. The molecule has 1 saturated carbocycles. The molecular formula is C15H20N2O3. The molecule has 5 nitrogen and oxygen atoms in total. The average Bonchev–Trinajstić information content (AvgIpc) is 2.46. The molecule has 0 spiro atoms. The lowest BCUT2D eigenvalue weighted by molar-refractivity contribution is -0.144. The van der Waals surface area contributed by atoms with Crippen molar-refractivity contribution in [2.24, 2.45) is 0 Å². The van der Waals surface area contributed by atoms with Crippen molar-refractivity contribution in [3.63, 3.8) is 0 Å². The van der Waals surface area contributed by atoms with Crippen molar-refractivity contribution in [3.8, 4) is 5.75 Å². The van der Waals surface area contributed by atoms with Gasteiger partial charge in [-0.05, 0) is 25.0 Å². The molecule has 0 saturated heterocycles. The van der Waals surface area contributed by atoms with Crippen molar-refractivity contribution in [1.29, 1.82) is 0 Å². The molecule has 0 radical (unpaired) electrons. The predicted molar refractivity (Wildman–Crippen MR) is 76.4 cm³/mol. The Labute approximate surface area is 118 Å². The maximum Gasteiger partial charge on any atom is 0.313 e. The zero-order valence-electron chi connectivity index (χ0n) is 11.6. The first-order valence-electron chi connectivity index (χ1n) is 6.95. The van der Waals surface area contributed by atoms with E-state index in [1.165, 1.54) is 23.5 Å². The van der Waals surface area contributed by atoms with Crippen molar-refractivity contribution in [2.45, 2.75) is 38.1 Å². The summed E-state index contributed by atoms with van der Waals surface area (Å²) in [5.74, 6) is -1.14. The molecule has 0 aliphatic heterocycles. The van der Waals surface area contributed by atoms with Crippen LogP contribution in [-0.2, 0) is 9.59 Å². The molecule has 2 rings (SSSR count). The lowest BCUT2D eigenvalue weighted by Crippen LogP contribution is -2.44. The largest absolute Gasteiger partial charge is 0.508 e. The van der Waals surface area contributed by atoms with Crippen LogP contribution in [0.5, 0.6) is 5.75 Å². The van der Waals surface area contributed by atoms with E-state index in [9.17, 15) is 14.7 Å². The fraction of sp³-hybridized carbons (Fsp3) is 0.467. The van der Waals surface area contributed by atoms with E-state index in [0.717, 1.165) is 25.7 Å². The molecule has 0 bridgehead atoms. The van der Waals surface area contributed by atoms with Crippen LogP contribution in [0.3, 0.4) is 0 Å². The molecule has 0 heterocycles. The maximum atomic E-state index is 12.1. The Morgan fingerprint density at radius 1 is 1.25 bits per heavy atom. The van der Waals surface area contributed by atoms with E-state index in [0.29, 0.717) is 5.69 Å². The van der Waals surface area contributed by atoms with Crippen LogP contribution in [0.2, 0.25) is 0 Å². The number of anilines is 1. The molecule has 1 aliphatic rings. The van der Waals surface area contributed by atoms with Gasteiger partial charge in [-0.3, -0.25) is 9.59 Å². The number of hydrogen-bond acceptors (Lipinski definition) is 3. The van der Waals surface area contributed by atoms with Crippen LogP contribution in [-0.4, -0.2) is 34.9 Å². The van der Waals surface area contributed by atoms with E-state index >= 15 is 0 Å². The minimum Gasteiger partial charge on any atom is -0.508 e. The molecule has 1 aliphatic carbocycles. The molecular weight excluding hydrogens is 256 g/mol. The summed E-state index contributed by atoms with van der Waals surface area (Å²) in [6.07, 6.45) is 5.34. The molecule has 108 valence electrons. The van der Waals surface area contributed by atoms with E-state index in [2.05, 4.69) is 5.32 Å². The number of carbonyl (C=O) groups excluding carboxylic acids is 2. The summed E-state index contributed by atoms with van der Waals surface area (Å²) in [7, 11) is 1.68. The van der Waals surface area contributed by atoms with Crippen LogP contribution in [0.4, 0.5) is 5.69 Å². The summed E-state index contributed by atoms with van der Waals surface area (Å²) in [5, 5.41) is 11.8. The summed E-state index contributed by atoms with van der Waals surface area (Å²) in [4.78, 5) is 25.5. The van der Waals surface area contributed by atoms with Gasteiger partial charge in [-0.25, -0.2) is 0 Å². The van der Waals surface area contributed by atoms with Crippen LogP contribution < -0.4 is 5.32 Å². The van der Waals surface area contributed by atoms with Gasteiger partial charge in [0.05, 0.1) is 0 Å². The summed E-state index contributed by atoms with van der Waals surface area (Å²) in [6.45, 7) is 0. The Hall–Kier alpha value is -2.04. The summed E-state index contributed by atoms with van der Waals surface area (Å²) in [5.41, 5.74) is 0.417. The van der Waals surface area contributed by atoms with Crippen LogP contribution in [0.25, 0.3) is 0 Å². The lowest BCUT2D eigenvalue weighted by Gasteiger charge is -2.30. The number of rotatable bonds is 2. The third-order valence-electron chi connectivity index (χ3n) is 3.74. The first kappa shape index (κ1) is 14.4. The first-order valence-corrected chi connectivity index (χ1v) is 6.95. The molecule has 1 aromatic carbocycles. The highest BCUT2D eigenvalue weighted by molar-refractivity contribution is 6.39. The Balaban J connectivity index is 1.95. The third-order valence-corrected chi connectivity index (χ3v) is 3.74. The Bertz CT molecular complexity index is 496. The van der Waals surface area contributed by atoms with Crippen molar-refractivity contribution < 1.29 is 14.7 Å². The number of hydrogen-bond donors (Lipinski definition) is 2. The number of amides is 2. The number of carbonyl (C=O) groups is 2. The summed E-state index contributed by atoms with van der Waals surface area (Å²) >= 11 is 0. The highest BCUT2D eigenvalue weighted by Crippen LogP contribution is 2.22. The normalized spacial score (nSPS) is 15.7. The second-order valence-electron chi connectivity index (χ2n) is 5.21. The number of nitrogens with zero attached hydrogens (tertiary/aromatic N) is 1. The number of likely N-dealkylation sites (N-methyl/N-ethyl adjacent to an activating group) is 1. The molecule has 1 fully saturated rings. The second kappa shape index (κ2) is 6.41. The van der Waals surface area contributed by atoms with Gasteiger partial charge < -0.3 is 15.3 Å². The second-order valence-corrected chi connectivity index (χ2v) is 5.21. The number of aromatic hydroxyl groups is 1. The number of benzene rings is 1. The topological polar surface area (TPSA) is 69.6 Å². The van der Waals surface area contributed by atoms with Gasteiger partial charge in [0.2, 0.25) is 0 Å². The highest BCUT2D eigenvalue weighted by Gasteiger charge is 2.26. The Morgan fingerprint density at radius 2 is 1.95 bits per heavy atom. The van der Waals surface area contributed by atoms with Gasteiger partial charge in [-0.2, -0.15) is 0 Å². The smallest absolute Gasteiger partial charge is 0.313 e. The number of nitrogens with one attached hydrogen (secondary N) is 1. The minimum absolute atomic E-state index is 0.0517. The van der Waals surface area contributed by atoms with Gasteiger partial charge in [0.15, 0.2) is 0 Å². The summed E-state index contributed by atoms with van der Waals surface area (Å²) < 4.78 is 0. The standard InChI is InChI=1S/C15H20N2O3/c1-17(12-7-3-2-4-8-12)15(20)14(19)16-11-6-5-9-13(18)10-11/h5-6,9-10,12,18H,2-4,7-8H2,1H3,(H,16,19). The molecule has 0 aromatic heterocycles. The van der Waals surface area contributed by atoms with Gasteiger partial charge >= 0.3 is 11.8 Å². The minimum atomic E-state index is -0.663.